The summed E-state index contributed by atoms with van der Waals surface area (Å²) in [6.45, 7) is 3.71. The zero-order chi connectivity index (χ0) is 18.8. The number of unbranched alkanes of at least 4 members (excludes halogenated alkanes) is 1. The average Bonchev–Trinajstić information content (AvgIpc) is 2.69. The van der Waals surface area contributed by atoms with Gasteiger partial charge >= 0.3 is 0 Å². The lowest BCUT2D eigenvalue weighted by Gasteiger charge is -2.30. The van der Waals surface area contributed by atoms with Gasteiger partial charge in [0.15, 0.2) is 0 Å². The second kappa shape index (κ2) is 11.0. The van der Waals surface area contributed by atoms with E-state index in [9.17, 15) is 9.59 Å². The molecule has 0 unspecified atom stereocenters. The monoisotopic (exact) mass is 358 g/mol. The number of carbonyl (C=O) groups excluding carboxylic acids is 2. The highest BCUT2D eigenvalue weighted by molar-refractivity contribution is 5.81. The second-order valence-corrected chi connectivity index (χ2v) is 7.54. The summed E-state index contributed by atoms with van der Waals surface area (Å²) in [4.78, 5) is 26.7. The van der Waals surface area contributed by atoms with Crippen molar-refractivity contribution < 1.29 is 9.59 Å². The predicted octanol–water partition coefficient (Wildman–Crippen LogP) is 3.80. The fourth-order valence-corrected chi connectivity index (χ4v) is 3.71. The quantitative estimate of drug-likeness (QED) is 0.683. The van der Waals surface area contributed by atoms with Crippen LogP contribution in [0.1, 0.15) is 57.4 Å². The summed E-state index contributed by atoms with van der Waals surface area (Å²) in [5.74, 6) is 0.624. The van der Waals surface area contributed by atoms with E-state index >= 15 is 0 Å². The molecule has 1 saturated carbocycles. The lowest BCUT2D eigenvalue weighted by atomic mass is 9.81. The zero-order valence-electron chi connectivity index (χ0n) is 16.4. The molecule has 1 aromatic rings. The summed E-state index contributed by atoms with van der Waals surface area (Å²) < 4.78 is 0. The first-order valence-corrected chi connectivity index (χ1v) is 10.2. The molecule has 0 saturated heterocycles. The standard InChI is InChI=1S/C22H34N2O2/c1-3-4-17-24(2)22(26)20-14-12-19(13-15-20)21(25)23-16-8-11-18-9-6-5-7-10-18/h5-7,9-10,19-20H,3-4,8,11-17H2,1-2H3,(H,23,25). The van der Waals surface area contributed by atoms with Crippen molar-refractivity contribution in [2.24, 2.45) is 11.8 Å². The van der Waals surface area contributed by atoms with Gasteiger partial charge in [-0.15, -0.1) is 0 Å². The maximum Gasteiger partial charge on any atom is 0.225 e. The van der Waals surface area contributed by atoms with E-state index in [4.69, 9.17) is 0 Å². The molecule has 0 heterocycles. The Balaban J connectivity index is 1.64. The van der Waals surface area contributed by atoms with Crippen LogP contribution in [0.2, 0.25) is 0 Å². The number of nitrogens with zero attached hydrogens (tertiary/aromatic N) is 1. The molecule has 2 rings (SSSR count). The van der Waals surface area contributed by atoms with Crippen LogP contribution in [0.3, 0.4) is 0 Å². The van der Waals surface area contributed by atoms with Crippen LogP contribution in [0.5, 0.6) is 0 Å². The second-order valence-electron chi connectivity index (χ2n) is 7.54. The van der Waals surface area contributed by atoms with Crippen LogP contribution in [-0.2, 0) is 16.0 Å². The van der Waals surface area contributed by atoms with Gasteiger partial charge in [-0.25, -0.2) is 0 Å². The molecule has 0 radical (unpaired) electrons. The molecule has 0 atom stereocenters. The number of rotatable bonds is 9. The van der Waals surface area contributed by atoms with Gasteiger partial charge in [0, 0.05) is 32.0 Å². The first kappa shape index (κ1) is 20.5. The predicted molar refractivity (Wildman–Crippen MR) is 106 cm³/mol. The fraction of sp³-hybridized carbons (Fsp3) is 0.636. The lowest BCUT2D eigenvalue weighted by molar-refractivity contribution is -0.137. The molecule has 0 aromatic heterocycles. The number of hydrogen-bond acceptors (Lipinski definition) is 2. The maximum absolute atomic E-state index is 12.5. The highest BCUT2D eigenvalue weighted by atomic mass is 16.2. The number of carbonyl (C=O) groups is 2. The van der Waals surface area contributed by atoms with Crippen LogP contribution in [0, 0.1) is 11.8 Å². The SMILES string of the molecule is CCCCN(C)C(=O)C1CCC(C(=O)NCCCc2ccccc2)CC1. The summed E-state index contributed by atoms with van der Waals surface area (Å²) in [7, 11) is 1.91. The third kappa shape index (κ3) is 6.47. The van der Waals surface area contributed by atoms with Gasteiger partial charge < -0.3 is 10.2 Å². The molecule has 144 valence electrons. The van der Waals surface area contributed by atoms with Crippen LogP contribution in [0.25, 0.3) is 0 Å². The molecule has 1 fully saturated rings. The highest BCUT2D eigenvalue weighted by Crippen LogP contribution is 2.30. The van der Waals surface area contributed by atoms with E-state index in [0.717, 1.165) is 64.5 Å². The van der Waals surface area contributed by atoms with Gasteiger partial charge in [-0.3, -0.25) is 9.59 Å². The Labute approximate surface area is 158 Å². The average molecular weight is 359 g/mol. The normalized spacial score (nSPS) is 19.8. The van der Waals surface area contributed by atoms with Crippen molar-refractivity contribution in [2.75, 3.05) is 20.1 Å². The Morgan fingerprint density at radius 3 is 2.35 bits per heavy atom. The summed E-state index contributed by atoms with van der Waals surface area (Å²) >= 11 is 0. The van der Waals surface area contributed by atoms with Gasteiger partial charge in [0.2, 0.25) is 11.8 Å². The summed E-state index contributed by atoms with van der Waals surface area (Å²) in [6, 6.07) is 10.4. The van der Waals surface area contributed by atoms with Crippen LogP contribution in [0.4, 0.5) is 0 Å². The summed E-state index contributed by atoms with van der Waals surface area (Å²) in [6.07, 6.45) is 7.48. The largest absolute Gasteiger partial charge is 0.356 e. The van der Waals surface area contributed by atoms with Gasteiger partial charge in [-0.1, -0.05) is 43.7 Å². The minimum Gasteiger partial charge on any atom is -0.356 e. The van der Waals surface area contributed by atoms with E-state index in [-0.39, 0.29) is 23.7 Å². The molecule has 1 aromatic carbocycles. The Hall–Kier alpha value is -1.84. The van der Waals surface area contributed by atoms with Crippen molar-refractivity contribution in [3.8, 4) is 0 Å². The number of nitrogens with one attached hydrogen (secondary N) is 1. The van der Waals surface area contributed by atoms with Crippen molar-refractivity contribution in [3.05, 3.63) is 35.9 Å². The molecule has 26 heavy (non-hydrogen) atoms. The first-order valence-electron chi connectivity index (χ1n) is 10.2. The minimum absolute atomic E-state index is 0.0803. The van der Waals surface area contributed by atoms with Crippen LogP contribution >= 0.6 is 0 Å². The number of amides is 2. The summed E-state index contributed by atoms with van der Waals surface area (Å²) in [5, 5.41) is 3.08. The van der Waals surface area contributed by atoms with Crippen molar-refractivity contribution in [1.29, 1.82) is 0 Å². The van der Waals surface area contributed by atoms with E-state index in [1.54, 1.807) is 0 Å². The van der Waals surface area contributed by atoms with E-state index in [1.165, 1.54) is 5.56 Å². The van der Waals surface area contributed by atoms with E-state index in [2.05, 4.69) is 24.4 Å². The topological polar surface area (TPSA) is 49.4 Å². The molecule has 0 bridgehead atoms. The van der Waals surface area contributed by atoms with Crippen LogP contribution in [0.15, 0.2) is 30.3 Å². The molecule has 2 amide bonds. The third-order valence-electron chi connectivity index (χ3n) is 5.45. The number of hydrogen-bond donors (Lipinski definition) is 1. The van der Waals surface area contributed by atoms with Crippen LogP contribution in [-0.4, -0.2) is 36.9 Å². The van der Waals surface area contributed by atoms with E-state index in [1.807, 2.05) is 30.1 Å². The Morgan fingerprint density at radius 2 is 1.69 bits per heavy atom. The molecular formula is C22H34N2O2. The Morgan fingerprint density at radius 1 is 1.04 bits per heavy atom. The van der Waals surface area contributed by atoms with Crippen molar-refractivity contribution in [3.63, 3.8) is 0 Å². The third-order valence-corrected chi connectivity index (χ3v) is 5.45. The molecule has 0 spiro atoms. The highest BCUT2D eigenvalue weighted by Gasteiger charge is 2.30. The molecule has 4 heteroatoms. The van der Waals surface area contributed by atoms with E-state index in [0.29, 0.717) is 0 Å². The van der Waals surface area contributed by atoms with Crippen LogP contribution < -0.4 is 5.32 Å². The van der Waals surface area contributed by atoms with Gasteiger partial charge in [-0.05, 0) is 50.5 Å². The maximum atomic E-state index is 12.5. The number of aryl methyl sites for hydroxylation is 1. The van der Waals surface area contributed by atoms with Gasteiger partial charge in [0.25, 0.3) is 0 Å². The van der Waals surface area contributed by atoms with Gasteiger partial charge in [-0.2, -0.15) is 0 Å². The van der Waals surface area contributed by atoms with Gasteiger partial charge in [0.05, 0.1) is 0 Å². The van der Waals surface area contributed by atoms with Crippen molar-refractivity contribution >= 4 is 11.8 Å². The first-order chi connectivity index (χ1) is 12.6. The number of benzene rings is 1. The van der Waals surface area contributed by atoms with Crippen molar-refractivity contribution in [1.82, 2.24) is 10.2 Å². The molecule has 0 aliphatic heterocycles. The lowest BCUT2D eigenvalue weighted by Crippen LogP contribution is -2.38. The van der Waals surface area contributed by atoms with Crippen molar-refractivity contribution in [2.45, 2.75) is 58.3 Å². The van der Waals surface area contributed by atoms with E-state index < -0.39 is 0 Å². The Kier molecular flexibility index (Phi) is 8.66. The van der Waals surface area contributed by atoms with Gasteiger partial charge in [0.1, 0.15) is 0 Å². The minimum atomic E-state index is 0.0803. The molecule has 4 nitrogen and oxygen atoms in total. The molecule has 1 aliphatic rings. The molecular weight excluding hydrogens is 324 g/mol. The Bertz CT molecular complexity index is 551. The zero-order valence-corrected chi connectivity index (χ0v) is 16.4. The molecule has 1 aliphatic carbocycles. The smallest absolute Gasteiger partial charge is 0.225 e. The summed E-state index contributed by atoms with van der Waals surface area (Å²) in [5.41, 5.74) is 1.31. The fourth-order valence-electron chi connectivity index (χ4n) is 3.71. The molecule has 1 N–H and O–H groups in total.